The normalized spacial score (nSPS) is 10.3. The summed E-state index contributed by atoms with van der Waals surface area (Å²) in [4.78, 5) is 7.60. The largest absolute Gasteiger partial charge is 0.236 e. The Labute approximate surface area is 89.6 Å². The van der Waals surface area contributed by atoms with Crippen LogP contribution in [0.15, 0.2) is 30.5 Å². The third-order valence-electron chi connectivity index (χ3n) is 1.81. The van der Waals surface area contributed by atoms with Crippen molar-refractivity contribution in [3.05, 3.63) is 47.2 Å². The minimum atomic E-state index is -0.972. The molecule has 2 aromatic rings. The molecule has 0 aliphatic heterocycles. The van der Waals surface area contributed by atoms with Crippen molar-refractivity contribution in [1.82, 2.24) is 9.97 Å². The summed E-state index contributed by atoms with van der Waals surface area (Å²) in [5.41, 5.74) is -0.00231. The van der Waals surface area contributed by atoms with E-state index in [1.54, 1.807) is 0 Å². The average Bonchev–Trinajstić information content (AvgIpc) is 2.22. The highest BCUT2D eigenvalue weighted by Crippen LogP contribution is 2.21. The monoisotopic (exact) mass is 226 g/mol. The van der Waals surface area contributed by atoms with Gasteiger partial charge in [-0.25, -0.2) is 18.7 Å². The minimum Gasteiger partial charge on any atom is -0.236 e. The van der Waals surface area contributed by atoms with Gasteiger partial charge in [-0.2, -0.15) is 0 Å². The van der Waals surface area contributed by atoms with Gasteiger partial charge in [-0.1, -0.05) is 17.7 Å². The standard InChI is InChI=1S/C10H5ClF2N2/c11-8-4-5-14-10(15-8)6-2-1-3-7(12)9(6)13/h1-5H. The van der Waals surface area contributed by atoms with Crippen LogP contribution < -0.4 is 0 Å². The molecular weight excluding hydrogens is 222 g/mol. The molecule has 0 aliphatic carbocycles. The van der Waals surface area contributed by atoms with Gasteiger partial charge in [-0.15, -0.1) is 0 Å². The van der Waals surface area contributed by atoms with Crippen molar-refractivity contribution >= 4 is 11.6 Å². The van der Waals surface area contributed by atoms with Gasteiger partial charge in [0.05, 0.1) is 5.56 Å². The van der Waals surface area contributed by atoms with Gasteiger partial charge in [0.1, 0.15) is 5.15 Å². The second-order valence-corrected chi connectivity index (χ2v) is 3.19. The van der Waals surface area contributed by atoms with E-state index in [-0.39, 0.29) is 16.5 Å². The van der Waals surface area contributed by atoms with Crippen LogP contribution in [0.5, 0.6) is 0 Å². The molecule has 76 valence electrons. The predicted octanol–water partition coefficient (Wildman–Crippen LogP) is 3.08. The molecule has 0 fully saturated rings. The van der Waals surface area contributed by atoms with Crippen LogP contribution in [-0.4, -0.2) is 9.97 Å². The lowest BCUT2D eigenvalue weighted by Gasteiger charge is -2.01. The summed E-state index contributed by atoms with van der Waals surface area (Å²) in [5.74, 6) is -1.84. The van der Waals surface area contributed by atoms with E-state index in [2.05, 4.69) is 9.97 Å². The third kappa shape index (κ3) is 1.94. The molecule has 0 unspecified atom stereocenters. The molecule has 0 bridgehead atoms. The fourth-order valence-corrected chi connectivity index (χ4v) is 1.28. The fourth-order valence-electron chi connectivity index (χ4n) is 1.14. The Morgan fingerprint density at radius 1 is 1.13 bits per heavy atom. The van der Waals surface area contributed by atoms with Crippen LogP contribution in [0.3, 0.4) is 0 Å². The first-order valence-corrected chi connectivity index (χ1v) is 4.49. The summed E-state index contributed by atoms with van der Waals surface area (Å²) in [6.07, 6.45) is 1.38. The fraction of sp³-hybridized carbons (Fsp3) is 0. The zero-order valence-corrected chi connectivity index (χ0v) is 8.17. The van der Waals surface area contributed by atoms with Crippen LogP contribution in [0.2, 0.25) is 5.15 Å². The van der Waals surface area contributed by atoms with Gasteiger partial charge in [0.2, 0.25) is 0 Å². The number of hydrogen-bond acceptors (Lipinski definition) is 2. The molecule has 15 heavy (non-hydrogen) atoms. The number of benzene rings is 1. The lowest BCUT2D eigenvalue weighted by atomic mass is 10.2. The van der Waals surface area contributed by atoms with Crippen molar-refractivity contribution in [2.75, 3.05) is 0 Å². The summed E-state index contributed by atoms with van der Waals surface area (Å²) in [6, 6.07) is 5.27. The first kappa shape index (κ1) is 9.98. The summed E-state index contributed by atoms with van der Waals surface area (Å²) in [7, 11) is 0. The maximum absolute atomic E-state index is 13.3. The summed E-state index contributed by atoms with van der Waals surface area (Å²) >= 11 is 5.62. The molecule has 1 aromatic carbocycles. The predicted molar refractivity (Wildman–Crippen MR) is 52.4 cm³/mol. The topological polar surface area (TPSA) is 25.8 Å². The molecule has 0 atom stereocenters. The molecule has 0 N–H and O–H groups in total. The average molecular weight is 227 g/mol. The Hall–Kier alpha value is -1.55. The highest BCUT2D eigenvalue weighted by molar-refractivity contribution is 6.29. The number of aromatic nitrogens is 2. The van der Waals surface area contributed by atoms with Gasteiger partial charge < -0.3 is 0 Å². The summed E-state index contributed by atoms with van der Waals surface area (Å²) in [6.45, 7) is 0. The van der Waals surface area contributed by atoms with Crippen molar-refractivity contribution in [1.29, 1.82) is 0 Å². The molecule has 0 aliphatic rings. The molecule has 1 heterocycles. The van der Waals surface area contributed by atoms with Gasteiger partial charge in [-0.3, -0.25) is 0 Å². The molecule has 5 heteroatoms. The van der Waals surface area contributed by atoms with Crippen LogP contribution in [0.25, 0.3) is 11.4 Å². The van der Waals surface area contributed by atoms with E-state index in [4.69, 9.17) is 11.6 Å². The molecule has 0 spiro atoms. The van der Waals surface area contributed by atoms with Crippen molar-refractivity contribution in [2.45, 2.75) is 0 Å². The molecule has 0 amide bonds. The van der Waals surface area contributed by atoms with E-state index in [0.29, 0.717) is 0 Å². The van der Waals surface area contributed by atoms with E-state index in [9.17, 15) is 8.78 Å². The SMILES string of the molecule is Fc1cccc(-c2nccc(Cl)n2)c1F. The molecule has 0 saturated heterocycles. The Balaban J connectivity index is 2.59. The highest BCUT2D eigenvalue weighted by atomic mass is 35.5. The number of hydrogen-bond donors (Lipinski definition) is 0. The van der Waals surface area contributed by atoms with Crippen LogP contribution in [0.1, 0.15) is 0 Å². The number of nitrogens with zero attached hydrogens (tertiary/aromatic N) is 2. The quantitative estimate of drug-likeness (QED) is 0.699. The van der Waals surface area contributed by atoms with Gasteiger partial charge in [0.15, 0.2) is 17.5 Å². The molecule has 0 radical (unpaired) electrons. The summed E-state index contributed by atoms with van der Waals surface area (Å²) < 4.78 is 26.2. The van der Waals surface area contributed by atoms with Crippen molar-refractivity contribution < 1.29 is 8.78 Å². The minimum absolute atomic E-state index is 0.00231. The zero-order valence-electron chi connectivity index (χ0n) is 7.42. The van der Waals surface area contributed by atoms with Crippen molar-refractivity contribution in [3.8, 4) is 11.4 Å². The maximum atomic E-state index is 13.3. The third-order valence-corrected chi connectivity index (χ3v) is 2.02. The molecule has 2 rings (SSSR count). The lowest BCUT2D eigenvalue weighted by molar-refractivity contribution is 0.510. The highest BCUT2D eigenvalue weighted by Gasteiger charge is 2.11. The Morgan fingerprint density at radius 3 is 2.67 bits per heavy atom. The Kier molecular flexibility index (Phi) is 2.60. The second-order valence-electron chi connectivity index (χ2n) is 2.80. The Morgan fingerprint density at radius 2 is 1.93 bits per heavy atom. The van der Waals surface area contributed by atoms with Crippen LogP contribution in [0, 0.1) is 11.6 Å². The molecular formula is C10H5ClF2N2. The van der Waals surface area contributed by atoms with Crippen LogP contribution in [0.4, 0.5) is 8.78 Å². The number of rotatable bonds is 1. The van der Waals surface area contributed by atoms with Crippen molar-refractivity contribution in [3.63, 3.8) is 0 Å². The smallest absolute Gasteiger partial charge is 0.169 e. The first-order chi connectivity index (χ1) is 7.18. The molecule has 2 nitrogen and oxygen atoms in total. The first-order valence-electron chi connectivity index (χ1n) is 4.11. The van der Waals surface area contributed by atoms with Crippen molar-refractivity contribution in [2.24, 2.45) is 0 Å². The van der Waals surface area contributed by atoms with Gasteiger partial charge >= 0.3 is 0 Å². The van der Waals surface area contributed by atoms with E-state index < -0.39 is 11.6 Å². The van der Waals surface area contributed by atoms with E-state index in [1.165, 1.54) is 24.4 Å². The van der Waals surface area contributed by atoms with Crippen LogP contribution in [-0.2, 0) is 0 Å². The lowest BCUT2D eigenvalue weighted by Crippen LogP contribution is -1.94. The maximum Gasteiger partial charge on any atom is 0.169 e. The van der Waals surface area contributed by atoms with Crippen LogP contribution >= 0.6 is 11.6 Å². The number of halogens is 3. The zero-order chi connectivity index (χ0) is 10.8. The molecule has 1 aromatic heterocycles. The van der Waals surface area contributed by atoms with E-state index in [0.717, 1.165) is 6.07 Å². The summed E-state index contributed by atoms with van der Waals surface area (Å²) in [5, 5.41) is 0.184. The van der Waals surface area contributed by atoms with Gasteiger partial charge in [0.25, 0.3) is 0 Å². The van der Waals surface area contributed by atoms with E-state index >= 15 is 0 Å². The van der Waals surface area contributed by atoms with E-state index in [1.807, 2.05) is 0 Å². The second kappa shape index (κ2) is 3.90. The molecule has 0 saturated carbocycles. The Bertz CT molecular complexity index is 503. The van der Waals surface area contributed by atoms with Gasteiger partial charge in [-0.05, 0) is 18.2 Å². The van der Waals surface area contributed by atoms with Gasteiger partial charge in [0, 0.05) is 6.20 Å².